The number of aromatic amines is 1. The van der Waals surface area contributed by atoms with Crippen molar-refractivity contribution in [1.29, 1.82) is 0 Å². The number of fused-ring (bicyclic) bond motifs is 1. The number of hydrogen-bond acceptors (Lipinski definition) is 3. The largest absolute Gasteiger partial charge is 0.319 e. The zero-order valence-corrected chi connectivity index (χ0v) is 9.92. The fraction of sp³-hybridized carbons (Fsp3) is 0. The summed E-state index contributed by atoms with van der Waals surface area (Å²) in [5.74, 6) is -0.580. The molecule has 0 radical (unpaired) electrons. The molecule has 0 saturated carbocycles. The second-order valence-electron chi connectivity index (χ2n) is 3.70. The van der Waals surface area contributed by atoms with Crippen molar-refractivity contribution in [1.82, 2.24) is 10.2 Å². The van der Waals surface area contributed by atoms with E-state index in [9.17, 15) is 9.18 Å². The van der Waals surface area contributed by atoms with Crippen LogP contribution < -0.4 is 5.32 Å². The molecule has 3 aromatic rings. The summed E-state index contributed by atoms with van der Waals surface area (Å²) >= 11 is 1.26. The molecule has 2 N–H and O–H groups in total. The number of anilines is 1. The van der Waals surface area contributed by atoms with Crippen molar-refractivity contribution >= 4 is 33.0 Å². The number of aromatic nitrogens is 2. The molecule has 0 bridgehead atoms. The van der Waals surface area contributed by atoms with Crippen LogP contribution in [0, 0.1) is 5.82 Å². The number of benzene rings is 1. The number of H-pyrrole nitrogens is 1. The Balaban J connectivity index is 1.94. The summed E-state index contributed by atoms with van der Waals surface area (Å²) in [6.07, 6.45) is 3.08. The first-order valence-corrected chi connectivity index (χ1v) is 6.04. The first-order chi connectivity index (χ1) is 8.74. The Bertz CT molecular complexity index is 705. The zero-order valence-electron chi connectivity index (χ0n) is 9.11. The second-order valence-corrected chi connectivity index (χ2v) is 4.79. The maximum absolute atomic E-state index is 13.5. The SMILES string of the molecule is O=C(Nc1cn[nH]c1)c1cc2c(F)cccc2s1. The summed E-state index contributed by atoms with van der Waals surface area (Å²) in [5.41, 5.74) is 0.581. The zero-order chi connectivity index (χ0) is 12.5. The number of carbonyl (C=O) groups is 1. The molecular formula is C12H8FN3OS. The lowest BCUT2D eigenvalue weighted by Gasteiger charge is -1.97. The smallest absolute Gasteiger partial charge is 0.265 e. The monoisotopic (exact) mass is 261 g/mol. The Labute approximate surface area is 105 Å². The third-order valence-corrected chi connectivity index (χ3v) is 3.59. The highest BCUT2D eigenvalue weighted by atomic mass is 32.1. The van der Waals surface area contributed by atoms with Gasteiger partial charge in [-0.3, -0.25) is 9.89 Å². The highest BCUT2D eigenvalue weighted by molar-refractivity contribution is 7.20. The van der Waals surface area contributed by atoms with E-state index in [2.05, 4.69) is 15.5 Å². The van der Waals surface area contributed by atoms with Gasteiger partial charge in [-0.1, -0.05) is 6.07 Å². The van der Waals surface area contributed by atoms with Crippen molar-refractivity contribution in [2.75, 3.05) is 5.32 Å². The van der Waals surface area contributed by atoms with Crippen LogP contribution in [0.2, 0.25) is 0 Å². The summed E-state index contributed by atoms with van der Waals surface area (Å²) in [6.45, 7) is 0. The minimum atomic E-state index is -0.314. The molecule has 1 aromatic carbocycles. The number of carbonyl (C=O) groups excluding carboxylic acids is 1. The lowest BCUT2D eigenvalue weighted by molar-refractivity contribution is 0.103. The predicted octanol–water partition coefficient (Wildman–Crippen LogP) is 3.02. The molecule has 0 aliphatic carbocycles. The molecule has 0 fully saturated rings. The van der Waals surface area contributed by atoms with E-state index in [-0.39, 0.29) is 11.7 Å². The summed E-state index contributed by atoms with van der Waals surface area (Å²) in [5, 5.41) is 9.48. The molecular weight excluding hydrogens is 253 g/mol. The summed E-state index contributed by atoms with van der Waals surface area (Å²) in [7, 11) is 0. The highest BCUT2D eigenvalue weighted by Crippen LogP contribution is 2.28. The van der Waals surface area contributed by atoms with Gasteiger partial charge in [0, 0.05) is 16.3 Å². The number of amides is 1. The Kier molecular flexibility index (Phi) is 2.56. The maximum atomic E-state index is 13.5. The average molecular weight is 261 g/mol. The normalized spacial score (nSPS) is 10.7. The van der Waals surface area contributed by atoms with Gasteiger partial charge >= 0.3 is 0 Å². The predicted molar refractivity (Wildman–Crippen MR) is 68.3 cm³/mol. The van der Waals surface area contributed by atoms with Gasteiger partial charge in [0.2, 0.25) is 0 Å². The average Bonchev–Trinajstić information content (AvgIpc) is 2.97. The van der Waals surface area contributed by atoms with Crippen molar-refractivity contribution < 1.29 is 9.18 Å². The molecule has 0 unspecified atom stereocenters. The second kappa shape index (κ2) is 4.23. The Morgan fingerprint density at radius 3 is 3.06 bits per heavy atom. The van der Waals surface area contributed by atoms with Gasteiger partial charge in [0.25, 0.3) is 5.91 Å². The number of rotatable bonds is 2. The summed E-state index contributed by atoms with van der Waals surface area (Å²) < 4.78 is 14.3. The van der Waals surface area contributed by atoms with Crippen LogP contribution in [-0.2, 0) is 0 Å². The molecule has 4 nitrogen and oxygen atoms in total. The quantitative estimate of drug-likeness (QED) is 0.745. The molecule has 6 heteroatoms. The highest BCUT2D eigenvalue weighted by Gasteiger charge is 2.12. The van der Waals surface area contributed by atoms with E-state index in [4.69, 9.17) is 0 Å². The maximum Gasteiger partial charge on any atom is 0.265 e. The van der Waals surface area contributed by atoms with E-state index < -0.39 is 0 Å². The number of halogens is 1. The first kappa shape index (κ1) is 10.9. The van der Waals surface area contributed by atoms with Crippen LogP contribution in [0.25, 0.3) is 10.1 Å². The van der Waals surface area contributed by atoms with Crippen LogP contribution in [0.5, 0.6) is 0 Å². The van der Waals surface area contributed by atoms with E-state index in [1.165, 1.54) is 23.6 Å². The first-order valence-electron chi connectivity index (χ1n) is 5.22. The Morgan fingerprint density at radius 2 is 2.33 bits per heavy atom. The van der Waals surface area contributed by atoms with Crippen molar-refractivity contribution in [2.24, 2.45) is 0 Å². The summed E-state index contributed by atoms with van der Waals surface area (Å²) in [4.78, 5) is 12.4. The minimum absolute atomic E-state index is 0.267. The molecule has 0 aliphatic heterocycles. The molecule has 1 amide bonds. The molecule has 0 atom stereocenters. The van der Waals surface area contributed by atoms with Crippen molar-refractivity contribution in [3.63, 3.8) is 0 Å². The molecule has 0 saturated heterocycles. The van der Waals surface area contributed by atoms with Crippen molar-refractivity contribution in [3.8, 4) is 0 Å². The lowest BCUT2D eigenvalue weighted by Crippen LogP contribution is -2.09. The standard InChI is InChI=1S/C12H8FN3OS/c13-9-2-1-3-10-8(9)4-11(18-10)12(17)16-7-5-14-15-6-7/h1-6H,(H,14,15)(H,16,17). The van der Waals surface area contributed by atoms with Crippen LogP contribution in [0.1, 0.15) is 9.67 Å². The van der Waals surface area contributed by atoms with Crippen molar-refractivity contribution in [3.05, 3.63) is 47.4 Å². The third-order valence-electron chi connectivity index (χ3n) is 2.49. The van der Waals surface area contributed by atoms with Gasteiger partial charge in [-0.15, -0.1) is 11.3 Å². The molecule has 0 aliphatic rings. The molecule has 2 aromatic heterocycles. The van der Waals surface area contributed by atoms with Crippen LogP contribution in [0.4, 0.5) is 10.1 Å². The van der Waals surface area contributed by atoms with Crippen LogP contribution >= 0.6 is 11.3 Å². The van der Waals surface area contributed by atoms with Crippen LogP contribution in [-0.4, -0.2) is 16.1 Å². The molecule has 2 heterocycles. The number of thiophene rings is 1. The fourth-order valence-electron chi connectivity index (χ4n) is 1.65. The third kappa shape index (κ3) is 1.86. The number of hydrogen-bond donors (Lipinski definition) is 2. The van der Waals surface area contributed by atoms with Gasteiger partial charge in [-0.2, -0.15) is 5.10 Å². The number of nitrogens with one attached hydrogen (secondary N) is 2. The Morgan fingerprint density at radius 1 is 1.44 bits per heavy atom. The van der Waals surface area contributed by atoms with E-state index >= 15 is 0 Å². The summed E-state index contributed by atoms with van der Waals surface area (Å²) in [6, 6.07) is 6.36. The van der Waals surface area contributed by atoms with Gasteiger partial charge in [-0.25, -0.2) is 4.39 Å². The minimum Gasteiger partial charge on any atom is -0.319 e. The van der Waals surface area contributed by atoms with Crippen LogP contribution in [0.15, 0.2) is 36.7 Å². The molecule has 0 spiro atoms. The van der Waals surface area contributed by atoms with Gasteiger partial charge in [0.05, 0.1) is 16.8 Å². The van der Waals surface area contributed by atoms with E-state index in [0.717, 1.165) is 4.70 Å². The number of nitrogens with zero attached hydrogens (tertiary/aromatic N) is 1. The molecule has 18 heavy (non-hydrogen) atoms. The van der Waals surface area contributed by atoms with Crippen LogP contribution in [0.3, 0.4) is 0 Å². The van der Waals surface area contributed by atoms with E-state index in [1.807, 2.05) is 0 Å². The lowest BCUT2D eigenvalue weighted by atomic mass is 10.2. The van der Waals surface area contributed by atoms with E-state index in [1.54, 1.807) is 24.4 Å². The van der Waals surface area contributed by atoms with E-state index in [0.29, 0.717) is 16.0 Å². The molecule has 90 valence electrons. The van der Waals surface area contributed by atoms with Gasteiger partial charge in [0.15, 0.2) is 0 Å². The van der Waals surface area contributed by atoms with Gasteiger partial charge in [-0.05, 0) is 18.2 Å². The van der Waals surface area contributed by atoms with Gasteiger partial charge in [0.1, 0.15) is 5.82 Å². The molecule has 3 rings (SSSR count). The fourth-order valence-corrected chi connectivity index (χ4v) is 2.62. The van der Waals surface area contributed by atoms with Gasteiger partial charge < -0.3 is 5.32 Å². The Hall–Kier alpha value is -2.21. The van der Waals surface area contributed by atoms with Crippen molar-refractivity contribution in [2.45, 2.75) is 0 Å². The topological polar surface area (TPSA) is 57.8 Å².